The fourth-order valence-electron chi connectivity index (χ4n) is 2.07. The summed E-state index contributed by atoms with van der Waals surface area (Å²) in [5.41, 5.74) is 5.89. The van der Waals surface area contributed by atoms with Gasteiger partial charge in [-0.05, 0) is 19.8 Å². The Kier molecular flexibility index (Phi) is 3.56. The first-order chi connectivity index (χ1) is 7.72. The molecule has 0 bridgehead atoms. The lowest BCUT2D eigenvalue weighted by Gasteiger charge is -2.13. The van der Waals surface area contributed by atoms with Crippen molar-refractivity contribution in [2.75, 3.05) is 13.2 Å². The maximum Gasteiger partial charge on any atom is 0.231 e. The number of nitrogens with zero attached hydrogens (tertiary/aromatic N) is 2. The van der Waals surface area contributed by atoms with Gasteiger partial charge < -0.3 is 15.0 Å². The molecule has 1 aromatic heterocycles. The second-order valence-corrected chi connectivity index (χ2v) is 4.43. The van der Waals surface area contributed by atoms with Gasteiger partial charge in [0, 0.05) is 18.6 Å². The van der Waals surface area contributed by atoms with Crippen LogP contribution < -0.4 is 5.73 Å². The summed E-state index contributed by atoms with van der Waals surface area (Å²) in [5.74, 6) is 1.89. The van der Waals surface area contributed by atoms with Gasteiger partial charge in [-0.3, -0.25) is 0 Å². The summed E-state index contributed by atoms with van der Waals surface area (Å²) in [6, 6.07) is 0.0399. The number of aromatic nitrogens is 2. The van der Waals surface area contributed by atoms with Crippen molar-refractivity contribution >= 4 is 0 Å². The van der Waals surface area contributed by atoms with E-state index < -0.39 is 0 Å². The van der Waals surface area contributed by atoms with E-state index in [0.717, 1.165) is 25.3 Å². The fourth-order valence-corrected chi connectivity index (χ4v) is 2.07. The maximum atomic E-state index is 5.89. The number of hydrogen-bond donors (Lipinski definition) is 1. The lowest BCUT2D eigenvalue weighted by atomic mass is 9.99. The molecule has 16 heavy (non-hydrogen) atoms. The maximum absolute atomic E-state index is 5.89. The van der Waals surface area contributed by atoms with Crippen LogP contribution in [0.2, 0.25) is 0 Å². The highest BCUT2D eigenvalue weighted by molar-refractivity contribution is 5.02. The summed E-state index contributed by atoms with van der Waals surface area (Å²) in [4.78, 5) is 4.45. The van der Waals surface area contributed by atoms with Gasteiger partial charge in [-0.15, -0.1) is 0 Å². The lowest BCUT2D eigenvalue weighted by molar-refractivity contribution is 0.192. The minimum atomic E-state index is 0.0399. The molecule has 0 aliphatic carbocycles. The van der Waals surface area contributed by atoms with Crippen LogP contribution in [0.25, 0.3) is 0 Å². The Balaban J connectivity index is 2.11. The van der Waals surface area contributed by atoms with Crippen LogP contribution in [0.4, 0.5) is 0 Å². The van der Waals surface area contributed by atoms with E-state index in [0.29, 0.717) is 18.4 Å². The molecular formula is C11H19N3O2. The monoisotopic (exact) mass is 225 g/mol. The van der Waals surface area contributed by atoms with Crippen molar-refractivity contribution in [3.63, 3.8) is 0 Å². The minimum absolute atomic E-state index is 0.0399. The molecular weight excluding hydrogens is 206 g/mol. The summed E-state index contributed by atoms with van der Waals surface area (Å²) >= 11 is 0. The number of hydrogen-bond acceptors (Lipinski definition) is 5. The standard InChI is InChI=1S/C11H19N3O2/c1-3-9(7(2)12)11-13-10(14-16-11)8-4-5-15-6-8/h7-9H,3-6,12H2,1-2H3. The zero-order valence-corrected chi connectivity index (χ0v) is 9.85. The summed E-state index contributed by atoms with van der Waals surface area (Å²) in [6.45, 7) is 5.54. The van der Waals surface area contributed by atoms with Crippen molar-refractivity contribution < 1.29 is 9.26 Å². The Morgan fingerprint density at radius 1 is 1.56 bits per heavy atom. The van der Waals surface area contributed by atoms with E-state index in [2.05, 4.69) is 17.1 Å². The second kappa shape index (κ2) is 4.93. The van der Waals surface area contributed by atoms with Crippen LogP contribution in [0.3, 0.4) is 0 Å². The van der Waals surface area contributed by atoms with Gasteiger partial charge in [-0.2, -0.15) is 4.98 Å². The Labute approximate surface area is 95.3 Å². The van der Waals surface area contributed by atoms with Crippen LogP contribution in [0.1, 0.15) is 50.2 Å². The molecule has 1 aliphatic rings. The van der Waals surface area contributed by atoms with Crippen LogP contribution in [0.5, 0.6) is 0 Å². The van der Waals surface area contributed by atoms with E-state index in [-0.39, 0.29) is 12.0 Å². The Bertz CT molecular complexity index is 332. The van der Waals surface area contributed by atoms with Gasteiger partial charge in [0.1, 0.15) is 0 Å². The predicted octanol–water partition coefficient (Wildman–Crippen LogP) is 1.41. The molecule has 1 aromatic rings. The summed E-state index contributed by atoms with van der Waals surface area (Å²) in [5, 5.41) is 4.03. The summed E-state index contributed by atoms with van der Waals surface area (Å²) < 4.78 is 10.6. The van der Waals surface area contributed by atoms with E-state index >= 15 is 0 Å². The van der Waals surface area contributed by atoms with Gasteiger partial charge in [0.15, 0.2) is 5.82 Å². The van der Waals surface area contributed by atoms with E-state index in [1.165, 1.54) is 0 Å². The van der Waals surface area contributed by atoms with Gasteiger partial charge in [0.05, 0.1) is 12.5 Å². The lowest BCUT2D eigenvalue weighted by Crippen LogP contribution is -2.24. The predicted molar refractivity (Wildman–Crippen MR) is 59.2 cm³/mol. The first kappa shape index (κ1) is 11.5. The quantitative estimate of drug-likeness (QED) is 0.838. The van der Waals surface area contributed by atoms with Gasteiger partial charge in [0.2, 0.25) is 5.89 Å². The molecule has 3 unspecified atom stereocenters. The van der Waals surface area contributed by atoms with Crippen molar-refractivity contribution in [3.8, 4) is 0 Å². The van der Waals surface area contributed by atoms with Crippen molar-refractivity contribution in [3.05, 3.63) is 11.7 Å². The van der Waals surface area contributed by atoms with Crippen LogP contribution in [-0.2, 0) is 4.74 Å². The molecule has 0 radical (unpaired) electrons. The highest BCUT2D eigenvalue weighted by atomic mass is 16.5. The molecule has 0 saturated carbocycles. The molecule has 0 aromatic carbocycles. The highest BCUT2D eigenvalue weighted by Crippen LogP contribution is 2.26. The molecule has 90 valence electrons. The molecule has 2 heterocycles. The van der Waals surface area contributed by atoms with Crippen LogP contribution in [0, 0.1) is 0 Å². The molecule has 3 atom stereocenters. The van der Waals surface area contributed by atoms with Crippen LogP contribution in [0.15, 0.2) is 4.52 Å². The molecule has 0 amide bonds. The van der Waals surface area contributed by atoms with Crippen LogP contribution >= 0.6 is 0 Å². The summed E-state index contributed by atoms with van der Waals surface area (Å²) in [7, 11) is 0. The molecule has 0 spiro atoms. The fraction of sp³-hybridized carbons (Fsp3) is 0.818. The number of rotatable bonds is 4. The van der Waals surface area contributed by atoms with Gasteiger partial charge in [-0.25, -0.2) is 0 Å². The second-order valence-electron chi connectivity index (χ2n) is 4.43. The van der Waals surface area contributed by atoms with Crippen molar-refractivity contribution in [1.82, 2.24) is 10.1 Å². The Morgan fingerprint density at radius 2 is 2.38 bits per heavy atom. The first-order valence-corrected chi connectivity index (χ1v) is 5.89. The zero-order valence-electron chi connectivity index (χ0n) is 9.85. The Hall–Kier alpha value is -0.940. The average Bonchev–Trinajstić information content (AvgIpc) is 2.86. The third kappa shape index (κ3) is 2.25. The van der Waals surface area contributed by atoms with Crippen LogP contribution in [-0.4, -0.2) is 29.4 Å². The molecule has 1 fully saturated rings. The topological polar surface area (TPSA) is 74.2 Å². The molecule has 1 saturated heterocycles. The van der Waals surface area contributed by atoms with Crippen molar-refractivity contribution in [1.29, 1.82) is 0 Å². The molecule has 2 N–H and O–H groups in total. The van der Waals surface area contributed by atoms with Crippen molar-refractivity contribution in [2.45, 2.75) is 44.6 Å². The number of ether oxygens (including phenoxy) is 1. The molecule has 2 rings (SSSR count). The SMILES string of the molecule is CCC(c1nc(C2CCOC2)no1)C(C)N. The smallest absolute Gasteiger partial charge is 0.231 e. The highest BCUT2D eigenvalue weighted by Gasteiger charge is 2.26. The Morgan fingerprint density at radius 3 is 2.94 bits per heavy atom. The average molecular weight is 225 g/mol. The van der Waals surface area contributed by atoms with Crippen molar-refractivity contribution in [2.24, 2.45) is 5.73 Å². The molecule has 5 nitrogen and oxygen atoms in total. The normalized spacial score (nSPS) is 24.6. The largest absolute Gasteiger partial charge is 0.381 e. The third-order valence-electron chi connectivity index (χ3n) is 3.14. The third-order valence-corrected chi connectivity index (χ3v) is 3.14. The van der Waals surface area contributed by atoms with E-state index in [1.54, 1.807) is 0 Å². The summed E-state index contributed by atoms with van der Waals surface area (Å²) in [6.07, 6.45) is 1.90. The molecule has 1 aliphatic heterocycles. The molecule has 5 heteroatoms. The first-order valence-electron chi connectivity index (χ1n) is 5.89. The number of nitrogens with two attached hydrogens (primary N) is 1. The van der Waals surface area contributed by atoms with E-state index in [9.17, 15) is 0 Å². The zero-order chi connectivity index (χ0) is 11.5. The van der Waals surface area contributed by atoms with E-state index in [4.69, 9.17) is 15.0 Å². The van der Waals surface area contributed by atoms with E-state index in [1.807, 2.05) is 6.92 Å². The van der Waals surface area contributed by atoms with Gasteiger partial charge >= 0.3 is 0 Å². The van der Waals surface area contributed by atoms with Gasteiger partial charge in [0.25, 0.3) is 0 Å². The van der Waals surface area contributed by atoms with Gasteiger partial charge in [-0.1, -0.05) is 12.1 Å². The minimum Gasteiger partial charge on any atom is -0.381 e.